The van der Waals surface area contributed by atoms with E-state index in [4.69, 9.17) is 4.89 Å². The maximum absolute atomic E-state index is 13.3. The van der Waals surface area contributed by atoms with E-state index in [0.29, 0.717) is 0 Å². The number of phosphoric acid groups is 1. The zero-order valence-electron chi connectivity index (χ0n) is 9.12. The molecule has 10 heteroatoms. The van der Waals surface area contributed by atoms with E-state index in [1.54, 1.807) is 0 Å². The molecule has 0 saturated carbocycles. The third-order valence-corrected chi connectivity index (χ3v) is 3.47. The molecule has 0 aromatic rings. The monoisotopic (exact) mass is 298 g/mol. The van der Waals surface area contributed by atoms with Crippen molar-refractivity contribution in [3.63, 3.8) is 0 Å². The zero-order chi connectivity index (χ0) is 14.0. The van der Waals surface area contributed by atoms with Crippen LogP contribution in [0.15, 0.2) is 0 Å². The largest absolute Gasteiger partial charge is 0.472 e. The van der Waals surface area contributed by atoms with E-state index in [2.05, 4.69) is 9.05 Å². The first kappa shape index (κ1) is 15.8. The van der Waals surface area contributed by atoms with E-state index in [9.17, 15) is 26.5 Å². The average Bonchev–Trinajstić information content (AvgIpc) is 2.23. The Bertz CT molecular complexity index is 337. The quantitative estimate of drug-likeness (QED) is 0.643. The highest BCUT2D eigenvalue weighted by Gasteiger charge is 2.63. The van der Waals surface area contributed by atoms with Gasteiger partial charge >= 0.3 is 19.7 Å². The van der Waals surface area contributed by atoms with Crippen molar-refractivity contribution < 1.29 is 40.5 Å². The summed E-state index contributed by atoms with van der Waals surface area (Å²) in [6.45, 7) is -2.79. The molecule has 1 heterocycles. The molecular weight excluding hydrogens is 286 g/mol. The number of hydrogen-bond donors (Lipinski definition) is 1. The Morgan fingerprint density at radius 2 is 1.89 bits per heavy atom. The lowest BCUT2D eigenvalue weighted by molar-refractivity contribution is -0.256. The summed E-state index contributed by atoms with van der Waals surface area (Å²) in [6.07, 6.45) is -2.99. The molecule has 1 aliphatic rings. The Labute approximate surface area is 99.7 Å². The molecule has 2 atom stereocenters. The molecule has 1 saturated heterocycles. The van der Waals surface area contributed by atoms with Crippen molar-refractivity contribution in [3.05, 3.63) is 0 Å². The van der Waals surface area contributed by atoms with Crippen molar-refractivity contribution in [3.8, 4) is 0 Å². The van der Waals surface area contributed by atoms with Gasteiger partial charge in [0.25, 0.3) is 0 Å². The lowest BCUT2D eigenvalue weighted by atomic mass is 10.0. The summed E-state index contributed by atoms with van der Waals surface area (Å²) in [5, 5.41) is 0. The van der Waals surface area contributed by atoms with Gasteiger partial charge in [-0.2, -0.15) is 17.6 Å². The highest BCUT2D eigenvalue weighted by Crippen LogP contribution is 2.51. The van der Waals surface area contributed by atoms with Gasteiger partial charge in [0.15, 0.2) is 6.67 Å². The van der Waals surface area contributed by atoms with Crippen LogP contribution in [0.4, 0.5) is 22.0 Å². The average molecular weight is 298 g/mol. The van der Waals surface area contributed by atoms with E-state index in [0.717, 1.165) is 0 Å². The van der Waals surface area contributed by atoms with E-state index >= 15 is 0 Å². The van der Waals surface area contributed by atoms with E-state index in [1.807, 2.05) is 0 Å². The Morgan fingerprint density at radius 3 is 2.44 bits per heavy atom. The Hall–Kier alpha value is -0.240. The maximum Gasteiger partial charge on any atom is 0.472 e. The first-order chi connectivity index (χ1) is 8.12. The predicted molar refractivity (Wildman–Crippen MR) is 50.4 cm³/mol. The molecule has 0 spiro atoms. The van der Waals surface area contributed by atoms with Crippen molar-refractivity contribution in [2.45, 2.75) is 37.2 Å². The van der Waals surface area contributed by atoms with Crippen LogP contribution in [0.25, 0.3) is 0 Å². The fourth-order valence-corrected chi connectivity index (χ4v) is 2.41. The molecule has 0 aromatic heterocycles. The SMILES string of the molecule is O=P1(O)OCCCCC(C(F)(F)C(F)(F)CF)O1. The van der Waals surface area contributed by atoms with Gasteiger partial charge in [-0.05, 0) is 19.3 Å². The summed E-state index contributed by atoms with van der Waals surface area (Å²) in [6, 6.07) is 0. The molecule has 108 valence electrons. The highest BCUT2D eigenvalue weighted by molar-refractivity contribution is 7.47. The van der Waals surface area contributed by atoms with E-state index in [-0.39, 0.29) is 19.4 Å². The molecule has 1 aliphatic heterocycles. The number of halogens is 5. The fourth-order valence-electron chi connectivity index (χ4n) is 1.43. The summed E-state index contributed by atoms with van der Waals surface area (Å²) < 4.78 is 83.6. The van der Waals surface area contributed by atoms with Gasteiger partial charge in [-0.25, -0.2) is 8.96 Å². The van der Waals surface area contributed by atoms with Gasteiger partial charge < -0.3 is 4.89 Å². The Kier molecular flexibility index (Phi) is 4.75. The van der Waals surface area contributed by atoms with Crippen LogP contribution in [-0.4, -0.2) is 36.1 Å². The zero-order valence-corrected chi connectivity index (χ0v) is 10.0. The minimum Gasteiger partial charge on any atom is -0.302 e. The van der Waals surface area contributed by atoms with Gasteiger partial charge in [-0.1, -0.05) is 0 Å². The van der Waals surface area contributed by atoms with Crippen LogP contribution in [0.3, 0.4) is 0 Å². The molecule has 1 N–H and O–H groups in total. The number of hydrogen-bond acceptors (Lipinski definition) is 3. The number of rotatable bonds is 3. The molecule has 0 aliphatic carbocycles. The summed E-state index contributed by atoms with van der Waals surface area (Å²) in [7, 11) is -4.83. The molecule has 2 unspecified atom stereocenters. The second-order valence-corrected chi connectivity index (χ2v) is 5.26. The molecule has 18 heavy (non-hydrogen) atoms. The molecule has 0 amide bonds. The molecule has 0 radical (unpaired) electrons. The van der Waals surface area contributed by atoms with Crippen molar-refractivity contribution in [2.24, 2.45) is 0 Å². The summed E-state index contributed by atoms with van der Waals surface area (Å²) >= 11 is 0. The van der Waals surface area contributed by atoms with Gasteiger partial charge in [-0.15, -0.1) is 0 Å². The van der Waals surface area contributed by atoms with Gasteiger partial charge in [0.1, 0.15) is 6.10 Å². The van der Waals surface area contributed by atoms with Crippen LogP contribution in [0.2, 0.25) is 0 Å². The first-order valence-electron chi connectivity index (χ1n) is 5.10. The van der Waals surface area contributed by atoms with Gasteiger partial charge in [0, 0.05) is 0 Å². The molecule has 0 aromatic carbocycles. The van der Waals surface area contributed by atoms with Crippen molar-refractivity contribution >= 4 is 7.82 Å². The van der Waals surface area contributed by atoms with Crippen LogP contribution >= 0.6 is 7.82 Å². The second-order valence-electron chi connectivity index (χ2n) is 3.85. The van der Waals surface area contributed by atoms with Crippen molar-refractivity contribution in [1.82, 2.24) is 0 Å². The summed E-state index contributed by atoms with van der Waals surface area (Å²) in [4.78, 5) is 8.99. The third-order valence-electron chi connectivity index (χ3n) is 2.44. The van der Waals surface area contributed by atoms with Gasteiger partial charge in [-0.3, -0.25) is 9.05 Å². The lowest BCUT2D eigenvalue weighted by Gasteiger charge is -2.33. The van der Waals surface area contributed by atoms with E-state index in [1.165, 1.54) is 0 Å². The van der Waals surface area contributed by atoms with Crippen molar-refractivity contribution in [1.29, 1.82) is 0 Å². The standard InChI is InChI=1S/C8H12F5O4P/c9-5-7(10,11)8(12,13)6-3-1-2-4-16-18(14,15)17-6/h6H,1-5H2,(H,14,15). The highest BCUT2D eigenvalue weighted by atomic mass is 31.2. The first-order valence-corrected chi connectivity index (χ1v) is 6.59. The second kappa shape index (κ2) is 5.40. The molecule has 0 bridgehead atoms. The lowest BCUT2D eigenvalue weighted by Crippen LogP contribution is -2.52. The van der Waals surface area contributed by atoms with Crippen molar-refractivity contribution in [2.75, 3.05) is 13.3 Å². The minimum absolute atomic E-state index is 0.0304. The minimum atomic E-state index is -4.96. The van der Waals surface area contributed by atoms with Gasteiger partial charge in [0.2, 0.25) is 0 Å². The number of alkyl halides is 5. The molecule has 1 fully saturated rings. The van der Waals surface area contributed by atoms with E-state index < -0.39 is 38.9 Å². The summed E-state index contributed by atoms with van der Waals surface area (Å²) in [5.74, 6) is -9.85. The predicted octanol–water partition coefficient (Wildman–Crippen LogP) is 2.91. The smallest absolute Gasteiger partial charge is 0.302 e. The topological polar surface area (TPSA) is 55.8 Å². The van der Waals surface area contributed by atoms with Crippen LogP contribution in [0, 0.1) is 0 Å². The third kappa shape index (κ3) is 3.40. The van der Waals surface area contributed by atoms with Crippen LogP contribution in [0.1, 0.15) is 19.3 Å². The van der Waals surface area contributed by atoms with Crippen LogP contribution in [0.5, 0.6) is 0 Å². The molecule has 1 rings (SSSR count). The molecule has 4 nitrogen and oxygen atoms in total. The molecular formula is C8H12F5O4P. The Balaban J connectivity index is 2.93. The van der Waals surface area contributed by atoms with Crippen LogP contribution in [-0.2, 0) is 13.6 Å². The number of phosphoric ester groups is 1. The van der Waals surface area contributed by atoms with Crippen LogP contribution < -0.4 is 0 Å². The summed E-state index contributed by atoms with van der Waals surface area (Å²) in [5.41, 5.74) is 0. The van der Waals surface area contributed by atoms with Gasteiger partial charge in [0.05, 0.1) is 6.61 Å². The maximum atomic E-state index is 13.3. The Morgan fingerprint density at radius 1 is 1.28 bits per heavy atom. The fraction of sp³-hybridized carbons (Fsp3) is 1.00. The normalized spacial score (nSPS) is 31.8.